The van der Waals surface area contributed by atoms with E-state index in [2.05, 4.69) is 10.3 Å². The molecule has 0 unspecified atom stereocenters. The Balaban J connectivity index is 2.62. The largest absolute Gasteiger partial charge is 0.351 e. The summed E-state index contributed by atoms with van der Waals surface area (Å²) in [6.07, 6.45) is 2.49. The lowest BCUT2D eigenvalue weighted by atomic mass is 10.2. The summed E-state index contributed by atoms with van der Waals surface area (Å²) in [6, 6.07) is 3.50. The average Bonchev–Trinajstić information content (AvgIpc) is 2.66. The number of nitrogens with one attached hydrogen (secondary N) is 1. The minimum atomic E-state index is -0.0980. The smallest absolute Gasteiger partial charge is 0.270 e. The highest BCUT2D eigenvalue weighted by atomic mass is 35.5. The van der Waals surface area contributed by atoms with Crippen molar-refractivity contribution in [3.63, 3.8) is 0 Å². The lowest BCUT2D eigenvalue weighted by molar-refractivity contribution is 0.0949. The molecular weight excluding hydrogens is 238 g/mol. The summed E-state index contributed by atoms with van der Waals surface area (Å²) in [7, 11) is 0. The van der Waals surface area contributed by atoms with Gasteiger partial charge in [-0.2, -0.15) is 0 Å². The number of imidazole rings is 1. The van der Waals surface area contributed by atoms with Crippen LogP contribution in [0.5, 0.6) is 0 Å². The first-order valence-corrected chi connectivity index (χ1v) is 5.99. The highest BCUT2D eigenvalue weighted by molar-refractivity contribution is 6.30. The Morgan fingerprint density at radius 3 is 2.94 bits per heavy atom. The predicted octanol–water partition coefficient (Wildman–Crippen LogP) is 2.30. The molecule has 0 bridgehead atoms. The quantitative estimate of drug-likeness (QED) is 0.910. The molecule has 0 radical (unpaired) electrons. The van der Waals surface area contributed by atoms with Crippen molar-refractivity contribution in [2.75, 3.05) is 6.54 Å². The lowest BCUT2D eigenvalue weighted by Crippen LogP contribution is -2.25. The van der Waals surface area contributed by atoms with Gasteiger partial charge in [0.2, 0.25) is 0 Å². The summed E-state index contributed by atoms with van der Waals surface area (Å²) in [6.45, 7) is 4.47. The van der Waals surface area contributed by atoms with E-state index in [0.717, 1.165) is 5.69 Å². The molecular formula is C12H14ClN3O. The van der Waals surface area contributed by atoms with Crippen molar-refractivity contribution in [3.8, 4) is 0 Å². The summed E-state index contributed by atoms with van der Waals surface area (Å²) in [5.74, 6) is -0.0980. The Kier molecular flexibility index (Phi) is 3.33. The zero-order valence-electron chi connectivity index (χ0n) is 9.83. The van der Waals surface area contributed by atoms with Gasteiger partial charge in [0.15, 0.2) is 0 Å². The Labute approximate surface area is 105 Å². The van der Waals surface area contributed by atoms with Crippen LogP contribution in [0.4, 0.5) is 0 Å². The molecule has 0 saturated carbocycles. The SMILES string of the molecule is CCNC(=O)c1c(CC)nc2cc(Cl)ccn12. The fourth-order valence-corrected chi connectivity index (χ4v) is 1.95. The summed E-state index contributed by atoms with van der Waals surface area (Å²) >= 11 is 5.91. The highest BCUT2D eigenvalue weighted by Crippen LogP contribution is 2.17. The predicted molar refractivity (Wildman–Crippen MR) is 67.6 cm³/mol. The summed E-state index contributed by atoms with van der Waals surface area (Å²) in [5, 5.41) is 3.41. The van der Waals surface area contributed by atoms with Gasteiger partial charge in [-0.1, -0.05) is 18.5 Å². The average molecular weight is 252 g/mol. The van der Waals surface area contributed by atoms with Crippen LogP contribution in [-0.4, -0.2) is 21.8 Å². The van der Waals surface area contributed by atoms with E-state index in [1.165, 1.54) is 0 Å². The fraction of sp³-hybridized carbons (Fsp3) is 0.333. The van der Waals surface area contributed by atoms with Gasteiger partial charge in [-0.05, 0) is 19.4 Å². The Hall–Kier alpha value is -1.55. The lowest BCUT2D eigenvalue weighted by Gasteiger charge is -2.03. The number of carbonyl (C=O) groups is 1. The molecule has 17 heavy (non-hydrogen) atoms. The molecule has 1 N–H and O–H groups in total. The number of pyridine rings is 1. The molecule has 0 atom stereocenters. The maximum absolute atomic E-state index is 12.0. The molecule has 4 nitrogen and oxygen atoms in total. The van der Waals surface area contributed by atoms with E-state index in [4.69, 9.17) is 11.6 Å². The number of aromatic nitrogens is 2. The normalized spacial score (nSPS) is 10.8. The number of halogens is 1. The van der Waals surface area contributed by atoms with E-state index in [-0.39, 0.29) is 5.91 Å². The van der Waals surface area contributed by atoms with Gasteiger partial charge in [0.25, 0.3) is 5.91 Å². The van der Waals surface area contributed by atoms with Crippen molar-refractivity contribution >= 4 is 23.2 Å². The summed E-state index contributed by atoms with van der Waals surface area (Å²) in [5.41, 5.74) is 2.09. The van der Waals surface area contributed by atoms with Gasteiger partial charge in [-0.25, -0.2) is 4.98 Å². The maximum Gasteiger partial charge on any atom is 0.270 e. The monoisotopic (exact) mass is 251 g/mol. The van der Waals surface area contributed by atoms with Crippen LogP contribution in [0.15, 0.2) is 18.3 Å². The second-order valence-corrected chi connectivity index (χ2v) is 4.13. The van der Waals surface area contributed by atoms with Gasteiger partial charge in [0, 0.05) is 23.8 Å². The minimum Gasteiger partial charge on any atom is -0.351 e. The van der Waals surface area contributed by atoms with Gasteiger partial charge < -0.3 is 5.32 Å². The van der Waals surface area contributed by atoms with E-state index in [1.807, 2.05) is 13.8 Å². The summed E-state index contributed by atoms with van der Waals surface area (Å²) in [4.78, 5) is 16.4. The molecule has 2 heterocycles. The number of aryl methyl sites for hydroxylation is 1. The molecule has 5 heteroatoms. The summed E-state index contributed by atoms with van der Waals surface area (Å²) < 4.78 is 1.77. The molecule has 0 aliphatic heterocycles. The molecule has 0 saturated heterocycles. The van der Waals surface area contributed by atoms with E-state index in [0.29, 0.717) is 29.3 Å². The number of hydrogen-bond donors (Lipinski definition) is 1. The molecule has 2 rings (SSSR count). The number of nitrogens with zero attached hydrogens (tertiary/aromatic N) is 2. The van der Waals surface area contributed by atoms with Crippen molar-refractivity contribution in [3.05, 3.63) is 34.7 Å². The molecule has 90 valence electrons. The standard InChI is InChI=1S/C12H14ClN3O/c1-3-9-11(12(17)14-4-2)16-6-5-8(13)7-10(16)15-9/h5-7H,3-4H2,1-2H3,(H,14,17). The number of carbonyl (C=O) groups excluding carboxylic acids is 1. The van der Waals surface area contributed by atoms with Crippen molar-refractivity contribution in [2.24, 2.45) is 0 Å². The van der Waals surface area contributed by atoms with E-state index >= 15 is 0 Å². The molecule has 0 aromatic carbocycles. The van der Waals surface area contributed by atoms with E-state index in [1.54, 1.807) is 22.7 Å². The van der Waals surface area contributed by atoms with Crippen LogP contribution >= 0.6 is 11.6 Å². The molecule has 2 aromatic heterocycles. The van der Waals surface area contributed by atoms with Gasteiger partial charge in [0.1, 0.15) is 11.3 Å². The second kappa shape index (κ2) is 4.75. The number of fused-ring (bicyclic) bond motifs is 1. The third-order valence-corrected chi connectivity index (χ3v) is 2.78. The van der Waals surface area contributed by atoms with Gasteiger partial charge in [0.05, 0.1) is 5.69 Å². The van der Waals surface area contributed by atoms with Gasteiger partial charge in [-0.15, -0.1) is 0 Å². The molecule has 0 aliphatic carbocycles. The molecule has 0 spiro atoms. The third-order valence-electron chi connectivity index (χ3n) is 2.55. The van der Waals surface area contributed by atoms with Crippen molar-refractivity contribution in [2.45, 2.75) is 20.3 Å². The van der Waals surface area contributed by atoms with Crippen LogP contribution in [0.25, 0.3) is 5.65 Å². The third kappa shape index (κ3) is 2.13. The number of amides is 1. The van der Waals surface area contributed by atoms with E-state index < -0.39 is 0 Å². The van der Waals surface area contributed by atoms with Crippen LogP contribution < -0.4 is 5.32 Å². The van der Waals surface area contributed by atoms with Crippen molar-refractivity contribution in [1.29, 1.82) is 0 Å². The number of rotatable bonds is 3. The molecule has 1 amide bonds. The van der Waals surface area contributed by atoms with Gasteiger partial charge >= 0.3 is 0 Å². The number of hydrogen-bond acceptors (Lipinski definition) is 2. The van der Waals surface area contributed by atoms with Crippen LogP contribution in [0.1, 0.15) is 30.0 Å². The van der Waals surface area contributed by atoms with Crippen LogP contribution in [0.2, 0.25) is 5.02 Å². The second-order valence-electron chi connectivity index (χ2n) is 3.69. The molecule has 0 fully saturated rings. The van der Waals surface area contributed by atoms with Crippen LogP contribution in [0, 0.1) is 0 Å². The highest BCUT2D eigenvalue weighted by Gasteiger charge is 2.17. The van der Waals surface area contributed by atoms with Crippen molar-refractivity contribution < 1.29 is 4.79 Å². The Bertz CT molecular complexity index is 562. The Morgan fingerprint density at radius 1 is 1.53 bits per heavy atom. The fourth-order valence-electron chi connectivity index (χ4n) is 1.80. The Morgan fingerprint density at radius 2 is 2.29 bits per heavy atom. The first kappa shape index (κ1) is 11.9. The minimum absolute atomic E-state index is 0.0980. The first-order chi connectivity index (χ1) is 8.17. The van der Waals surface area contributed by atoms with Crippen LogP contribution in [-0.2, 0) is 6.42 Å². The van der Waals surface area contributed by atoms with Gasteiger partial charge in [-0.3, -0.25) is 9.20 Å². The zero-order valence-corrected chi connectivity index (χ0v) is 10.6. The maximum atomic E-state index is 12.0. The van der Waals surface area contributed by atoms with Crippen LogP contribution in [0.3, 0.4) is 0 Å². The molecule has 0 aliphatic rings. The zero-order chi connectivity index (χ0) is 12.4. The van der Waals surface area contributed by atoms with E-state index in [9.17, 15) is 4.79 Å². The topological polar surface area (TPSA) is 46.4 Å². The van der Waals surface area contributed by atoms with Crippen molar-refractivity contribution in [1.82, 2.24) is 14.7 Å². The molecule has 2 aromatic rings. The first-order valence-electron chi connectivity index (χ1n) is 5.62.